The van der Waals surface area contributed by atoms with Gasteiger partial charge in [-0.1, -0.05) is 291 Å². The zero-order chi connectivity index (χ0) is 62.1. The fraction of sp³-hybridized carbons (Fsp3) is 0. The number of nitrogens with zero attached hydrogens (tertiary/aromatic N) is 4. The van der Waals surface area contributed by atoms with Gasteiger partial charge in [0.1, 0.15) is 11.6 Å². The number of fused-ring (bicyclic) bond motifs is 6. The number of aromatic nitrogens is 4. The summed E-state index contributed by atoms with van der Waals surface area (Å²) in [4.78, 5) is 10.7. The second-order valence-electron chi connectivity index (χ2n) is 24.3. The van der Waals surface area contributed by atoms with Gasteiger partial charge in [-0.15, -0.1) is 0 Å². The van der Waals surface area contributed by atoms with E-state index in [1.54, 1.807) is 0 Å². The summed E-state index contributed by atoms with van der Waals surface area (Å²) in [5.74, 6) is 1.80. The molecule has 0 spiro atoms. The summed E-state index contributed by atoms with van der Waals surface area (Å²) in [6.07, 6.45) is 0. The van der Waals surface area contributed by atoms with E-state index in [1.807, 2.05) is 0 Å². The lowest BCUT2D eigenvalue weighted by molar-refractivity contribution is 1.10. The average molecular weight is 1200 g/mol. The quantitative estimate of drug-likeness (QED) is 0.121. The molecule has 94 heavy (non-hydrogen) atoms. The number of hydrogen-bond acceptors (Lipinski definition) is 2. The molecular weight excluding hydrogens is 1140 g/mol. The van der Waals surface area contributed by atoms with Crippen LogP contribution in [0, 0.1) is 0 Å². The molecule has 0 radical (unpaired) electrons. The topological polar surface area (TPSA) is 35.6 Å². The molecule has 0 atom stereocenters. The first kappa shape index (κ1) is 54.4. The predicted octanol–water partition coefficient (Wildman–Crippen LogP) is 24.0. The minimum atomic E-state index is 0.885. The first-order valence-electron chi connectivity index (χ1n) is 32.2. The van der Waals surface area contributed by atoms with Crippen LogP contribution in [0.5, 0.6) is 0 Å². The van der Waals surface area contributed by atoms with Gasteiger partial charge in [-0.3, -0.25) is 9.13 Å². The van der Waals surface area contributed by atoms with Crippen molar-refractivity contribution in [3.05, 3.63) is 352 Å². The van der Waals surface area contributed by atoms with Crippen LogP contribution in [0.4, 0.5) is 0 Å². The first-order valence-corrected chi connectivity index (χ1v) is 32.2. The van der Waals surface area contributed by atoms with Crippen LogP contribution in [-0.2, 0) is 0 Å². The molecular formula is C90H58N4. The van der Waals surface area contributed by atoms with Crippen LogP contribution in [0.2, 0.25) is 0 Å². The normalized spacial score (nSPS) is 11.6. The van der Waals surface area contributed by atoms with Gasteiger partial charge in [0, 0.05) is 22.5 Å². The van der Waals surface area contributed by atoms with Crippen molar-refractivity contribution in [2.75, 3.05) is 0 Å². The highest BCUT2D eigenvalue weighted by atomic mass is 15.1. The van der Waals surface area contributed by atoms with Crippen LogP contribution in [0.25, 0.3) is 177 Å². The molecule has 18 rings (SSSR count). The molecule has 2 heterocycles. The number of rotatable bonds is 11. The highest BCUT2D eigenvalue weighted by Gasteiger charge is 2.24. The summed E-state index contributed by atoms with van der Waals surface area (Å²) < 4.78 is 4.60. The van der Waals surface area contributed by atoms with E-state index in [2.05, 4.69) is 361 Å². The molecule has 4 heteroatoms. The smallest absolute Gasteiger partial charge is 0.145 e. The molecule has 0 unspecified atom stereocenters. The van der Waals surface area contributed by atoms with Crippen LogP contribution < -0.4 is 0 Å². The maximum absolute atomic E-state index is 5.48. The average Bonchev–Trinajstić information content (AvgIpc) is 0.936. The van der Waals surface area contributed by atoms with E-state index < -0.39 is 0 Å². The number of para-hydroxylation sites is 4. The van der Waals surface area contributed by atoms with Gasteiger partial charge in [0.25, 0.3) is 0 Å². The van der Waals surface area contributed by atoms with Crippen molar-refractivity contribution in [3.63, 3.8) is 0 Å². The molecule has 0 aliphatic rings. The van der Waals surface area contributed by atoms with Crippen LogP contribution in [0.1, 0.15) is 0 Å². The van der Waals surface area contributed by atoms with E-state index in [4.69, 9.17) is 9.97 Å². The summed E-state index contributed by atoms with van der Waals surface area (Å²) in [6, 6.07) is 128. The molecule has 0 aliphatic carbocycles. The second-order valence-corrected chi connectivity index (χ2v) is 24.3. The van der Waals surface area contributed by atoms with E-state index in [0.717, 1.165) is 89.6 Å². The van der Waals surface area contributed by atoms with Crippen LogP contribution >= 0.6 is 0 Å². The van der Waals surface area contributed by atoms with E-state index in [1.165, 1.54) is 87.6 Å². The van der Waals surface area contributed by atoms with Gasteiger partial charge in [-0.2, -0.15) is 0 Å². The Bertz CT molecular complexity index is 5820. The third-order valence-corrected chi connectivity index (χ3v) is 18.9. The fourth-order valence-corrected chi connectivity index (χ4v) is 14.7. The molecule has 18 aromatic rings. The van der Waals surface area contributed by atoms with Crippen molar-refractivity contribution in [3.8, 4) is 112 Å². The Morgan fingerprint density at radius 1 is 0.181 bits per heavy atom. The van der Waals surface area contributed by atoms with Crippen molar-refractivity contribution < 1.29 is 0 Å². The SMILES string of the molecule is c1ccc(-c2cccc(-c3c4ccccc4c(-c4ccc(-c5nc6ccc(-c7ccc(-c8c9ccccc9c(-c9ccc(-c%10nc%11ccccc%11n%10-c%10ccccc%10)cc9)c9ccccc89)c(-c8ccccc8)c7)cc6n5-c5ccccc5)cc4)c4ccccc34)c2)cc1. The van der Waals surface area contributed by atoms with Crippen molar-refractivity contribution in [2.24, 2.45) is 0 Å². The van der Waals surface area contributed by atoms with Crippen LogP contribution in [0.3, 0.4) is 0 Å². The molecule has 0 bridgehead atoms. The van der Waals surface area contributed by atoms with Crippen LogP contribution in [-0.4, -0.2) is 19.1 Å². The minimum absolute atomic E-state index is 0.885. The maximum atomic E-state index is 5.48. The van der Waals surface area contributed by atoms with Crippen molar-refractivity contribution in [1.82, 2.24) is 19.1 Å². The molecule has 0 amide bonds. The van der Waals surface area contributed by atoms with Gasteiger partial charge in [0.2, 0.25) is 0 Å². The van der Waals surface area contributed by atoms with Crippen molar-refractivity contribution in [2.45, 2.75) is 0 Å². The lowest BCUT2D eigenvalue weighted by Gasteiger charge is -2.20. The molecule has 0 saturated heterocycles. The van der Waals surface area contributed by atoms with Gasteiger partial charge in [0.15, 0.2) is 0 Å². The minimum Gasteiger partial charge on any atom is -0.292 e. The lowest BCUT2D eigenvalue weighted by atomic mass is 9.83. The Balaban J connectivity index is 0.739. The Hall–Kier alpha value is -12.5. The van der Waals surface area contributed by atoms with E-state index in [0.29, 0.717) is 0 Å². The zero-order valence-corrected chi connectivity index (χ0v) is 51.3. The standard InChI is InChI=1S/C90H58N4/c1-5-24-59(25-6-1)65-28-23-29-68(56-65)87-73-36-15-13-34-71(73)85(72-35-14-16-37-74(72)87)61-46-50-64(51-47-61)90-92-82-55-53-67(58-84(82)94(90)70-32-11-4-12-33-70)66-52-54-79(80(57-66)60-26-7-2-8-27-60)88-77-40-19-17-38-75(77)86(76-39-18-20-41-78(76)88)62-44-48-63(49-45-62)89-91-81-42-21-22-43-83(81)93(89)69-30-9-3-10-31-69/h1-58H. The van der Waals surface area contributed by atoms with E-state index in [-0.39, 0.29) is 0 Å². The highest BCUT2D eigenvalue weighted by Crippen LogP contribution is 2.49. The first-order chi connectivity index (χ1) is 46.6. The Morgan fingerprint density at radius 3 is 1.03 bits per heavy atom. The molecule has 2 aromatic heterocycles. The Morgan fingerprint density at radius 2 is 0.521 bits per heavy atom. The summed E-state index contributed by atoms with van der Waals surface area (Å²) in [6.45, 7) is 0. The predicted molar refractivity (Wildman–Crippen MR) is 395 cm³/mol. The fourth-order valence-electron chi connectivity index (χ4n) is 14.7. The number of hydrogen-bond donors (Lipinski definition) is 0. The second kappa shape index (κ2) is 22.8. The van der Waals surface area contributed by atoms with Gasteiger partial charge >= 0.3 is 0 Å². The van der Waals surface area contributed by atoms with Crippen molar-refractivity contribution >= 4 is 65.2 Å². The summed E-state index contributed by atoms with van der Waals surface area (Å²) >= 11 is 0. The van der Waals surface area contributed by atoms with Gasteiger partial charge < -0.3 is 0 Å². The Labute approximate surface area is 544 Å². The monoisotopic (exact) mass is 1190 g/mol. The highest BCUT2D eigenvalue weighted by molar-refractivity contribution is 6.24. The Kier molecular flexibility index (Phi) is 13.2. The van der Waals surface area contributed by atoms with Crippen LogP contribution in [0.15, 0.2) is 352 Å². The molecule has 16 aromatic carbocycles. The molecule has 0 N–H and O–H groups in total. The summed E-state index contributed by atoms with van der Waals surface area (Å²) in [7, 11) is 0. The number of benzene rings is 16. The zero-order valence-electron chi connectivity index (χ0n) is 51.3. The van der Waals surface area contributed by atoms with E-state index in [9.17, 15) is 0 Å². The lowest BCUT2D eigenvalue weighted by Crippen LogP contribution is -1.98. The molecule has 438 valence electrons. The third kappa shape index (κ3) is 9.22. The molecule has 0 fully saturated rings. The molecule has 0 aliphatic heterocycles. The summed E-state index contributed by atoms with van der Waals surface area (Å²) in [5.41, 5.74) is 24.8. The number of imidazole rings is 2. The van der Waals surface area contributed by atoms with Gasteiger partial charge in [0.05, 0.1) is 22.1 Å². The van der Waals surface area contributed by atoms with Gasteiger partial charge in [-0.05, 0) is 182 Å². The summed E-state index contributed by atoms with van der Waals surface area (Å²) in [5, 5.41) is 9.70. The largest absolute Gasteiger partial charge is 0.292 e. The molecule has 0 saturated carbocycles. The molecule has 4 nitrogen and oxygen atoms in total. The van der Waals surface area contributed by atoms with Gasteiger partial charge in [-0.25, -0.2) is 9.97 Å². The van der Waals surface area contributed by atoms with E-state index >= 15 is 0 Å². The third-order valence-electron chi connectivity index (χ3n) is 18.9. The van der Waals surface area contributed by atoms with Crippen molar-refractivity contribution in [1.29, 1.82) is 0 Å². The maximum Gasteiger partial charge on any atom is 0.145 e.